The maximum Gasteiger partial charge on any atom is 0.198 e. The number of thiazole rings is 1. The Morgan fingerprint density at radius 3 is 3.07 bits per heavy atom. The number of nitrogens with one attached hydrogen (secondary N) is 1. The van der Waals surface area contributed by atoms with Gasteiger partial charge in [0.15, 0.2) is 5.13 Å². The van der Waals surface area contributed by atoms with Gasteiger partial charge in [0.05, 0.1) is 10.2 Å². The van der Waals surface area contributed by atoms with Crippen molar-refractivity contribution in [3.63, 3.8) is 0 Å². The van der Waals surface area contributed by atoms with Gasteiger partial charge in [-0.2, -0.15) is 0 Å². The number of nitrogen functional groups attached to an aromatic ring is 1. The first-order chi connectivity index (χ1) is 7.33. The number of unbranched alkanes of at least 4 members (excludes halogenated alkanes) is 1. The van der Waals surface area contributed by atoms with Gasteiger partial charge in [-0.3, -0.25) is 5.43 Å². The van der Waals surface area contributed by atoms with E-state index in [9.17, 15) is 0 Å². The van der Waals surface area contributed by atoms with Crippen molar-refractivity contribution in [2.75, 3.05) is 5.43 Å². The maximum absolute atomic E-state index is 5.33. The minimum Gasteiger partial charge on any atom is -0.300 e. The molecule has 0 bridgehead atoms. The van der Waals surface area contributed by atoms with E-state index < -0.39 is 0 Å². The van der Waals surface area contributed by atoms with Crippen molar-refractivity contribution < 1.29 is 0 Å². The zero-order valence-electron chi connectivity index (χ0n) is 8.79. The molecule has 2 aromatic rings. The van der Waals surface area contributed by atoms with Crippen LogP contribution in [-0.2, 0) is 6.42 Å². The minimum absolute atomic E-state index is 0.776. The SMILES string of the molecule is CCCCc1ccc2nc(NN)sc2c1. The molecule has 2 rings (SSSR count). The molecule has 0 saturated heterocycles. The Morgan fingerprint density at radius 1 is 1.47 bits per heavy atom. The largest absolute Gasteiger partial charge is 0.300 e. The van der Waals surface area contributed by atoms with Gasteiger partial charge in [0.2, 0.25) is 0 Å². The van der Waals surface area contributed by atoms with Crippen molar-refractivity contribution in [2.24, 2.45) is 5.84 Å². The molecule has 0 unspecified atom stereocenters. The van der Waals surface area contributed by atoms with Crippen LogP contribution in [0.15, 0.2) is 18.2 Å². The number of benzene rings is 1. The molecule has 0 saturated carbocycles. The van der Waals surface area contributed by atoms with Crippen LogP contribution in [0.5, 0.6) is 0 Å². The highest BCUT2D eigenvalue weighted by Gasteiger charge is 2.02. The Balaban J connectivity index is 2.29. The van der Waals surface area contributed by atoms with Crippen LogP contribution in [0.25, 0.3) is 10.2 Å². The zero-order chi connectivity index (χ0) is 10.7. The van der Waals surface area contributed by atoms with Gasteiger partial charge in [0, 0.05) is 0 Å². The summed E-state index contributed by atoms with van der Waals surface area (Å²) < 4.78 is 1.21. The van der Waals surface area contributed by atoms with E-state index in [1.165, 1.54) is 23.1 Å². The van der Waals surface area contributed by atoms with Crippen molar-refractivity contribution in [2.45, 2.75) is 26.2 Å². The Morgan fingerprint density at radius 2 is 2.33 bits per heavy atom. The van der Waals surface area contributed by atoms with E-state index in [1.807, 2.05) is 0 Å². The van der Waals surface area contributed by atoms with Gasteiger partial charge >= 0.3 is 0 Å². The summed E-state index contributed by atoms with van der Waals surface area (Å²) in [4.78, 5) is 4.34. The molecule has 1 aromatic carbocycles. The van der Waals surface area contributed by atoms with E-state index in [2.05, 4.69) is 35.5 Å². The predicted octanol–water partition coefficient (Wildman–Crippen LogP) is 2.92. The van der Waals surface area contributed by atoms with E-state index in [0.29, 0.717) is 0 Å². The summed E-state index contributed by atoms with van der Waals surface area (Å²) in [5.74, 6) is 5.33. The lowest BCUT2D eigenvalue weighted by Gasteiger charge is -1.98. The van der Waals surface area contributed by atoms with Gasteiger partial charge in [0.1, 0.15) is 0 Å². The van der Waals surface area contributed by atoms with Crippen molar-refractivity contribution in [1.82, 2.24) is 4.98 Å². The molecular formula is C11H15N3S. The third-order valence-corrected chi connectivity index (χ3v) is 3.34. The molecular weight excluding hydrogens is 206 g/mol. The standard InChI is InChI=1S/C11H15N3S/c1-2-3-4-8-5-6-9-10(7-8)15-11(13-9)14-12/h5-7H,2-4,12H2,1H3,(H,13,14). The molecule has 4 heteroatoms. The highest BCUT2D eigenvalue weighted by molar-refractivity contribution is 7.22. The minimum atomic E-state index is 0.776. The summed E-state index contributed by atoms with van der Waals surface area (Å²) in [5.41, 5.74) is 4.99. The molecule has 80 valence electrons. The third-order valence-electron chi connectivity index (χ3n) is 2.40. The lowest BCUT2D eigenvalue weighted by atomic mass is 10.1. The number of nitrogens with zero attached hydrogens (tertiary/aromatic N) is 1. The molecule has 1 aromatic heterocycles. The number of rotatable bonds is 4. The third kappa shape index (κ3) is 2.27. The fraction of sp³-hybridized carbons (Fsp3) is 0.364. The highest BCUT2D eigenvalue weighted by atomic mass is 32.1. The second-order valence-electron chi connectivity index (χ2n) is 3.57. The summed E-state index contributed by atoms with van der Waals surface area (Å²) in [5, 5.41) is 0.776. The first kappa shape index (κ1) is 10.4. The maximum atomic E-state index is 5.33. The Bertz CT molecular complexity index is 450. The smallest absolute Gasteiger partial charge is 0.198 e. The topological polar surface area (TPSA) is 50.9 Å². The Hall–Kier alpha value is -1.13. The lowest BCUT2D eigenvalue weighted by Crippen LogP contribution is -2.05. The van der Waals surface area contributed by atoms with E-state index in [1.54, 1.807) is 11.3 Å². The molecule has 0 radical (unpaired) electrons. The van der Waals surface area contributed by atoms with Crippen LogP contribution in [0, 0.1) is 0 Å². The average Bonchev–Trinajstić information content (AvgIpc) is 2.68. The van der Waals surface area contributed by atoms with Crippen LogP contribution < -0.4 is 11.3 Å². The molecule has 3 N–H and O–H groups in total. The average molecular weight is 221 g/mol. The normalized spacial score (nSPS) is 10.8. The van der Waals surface area contributed by atoms with E-state index in [0.717, 1.165) is 17.1 Å². The molecule has 0 aliphatic carbocycles. The van der Waals surface area contributed by atoms with Gasteiger partial charge in [-0.1, -0.05) is 30.7 Å². The van der Waals surface area contributed by atoms with Crippen LogP contribution in [0.2, 0.25) is 0 Å². The van der Waals surface area contributed by atoms with Gasteiger partial charge in [0.25, 0.3) is 0 Å². The molecule has 0 aliphatic rings. The lowest BCUT2D eigenvalue weighted by molar-refractivity contribution is 0.796. The van der Waals surface area contributed by atoms with Crippen LogP contribution in [-0.4, -0.2) is 4.98 Å². The molecule has 0 spiro atoms. The van der Waals surface area contributed by atoms with Crippen molar-refractivity contribution in [3.05, 3.63) is 23.8 Å². The predicted molar refractivity (Wildman–Crippen MR) is 66.0 cm³/mol. The van der Waals surface area contributed by atoms with E-state index in [-0.39, 0.29) is 0 Å². The zero-order valence-corrected chi connectivity index (χ0v) is 9.60. The summed E-state index contributed by atoms with van der Waals surface area (Å²) in [6.07, 6.45) is 3.62. The Kier molecular flexibility index (Phi) is 3.18. The van der Waals surface area contributed by atoms with E-state index >= 15 is 0 Å². The molecule has 0 aliphatic heterocycles. The number of hydrazine groups is 1. The molecule has 3 nitrogen and oxygen atoms in total. The van der Waals surface area contributed by atoms with Crippen molar-refractivity contribution >= 4 is 26.7 Å². The first-order valence-corrected chi connectivity index (χ1v) is 6.01. The van der Waals surface area contributed by atoms with Gasteiger partial charge in [-0.05, 0) is 30.5 Å². The summed E-state index contributed by atoms with van der Waals surface area (Å²) >= 11 is 1.60. The van der Waals surface area contributed by atoms with Crippen molar-refractivity contribution in [1.29, 1.82) is 0 Å². The molecule has 0 fully saturated rings. The molecule has 1 heterocycles. The number of nitrogens with two attached hydrogens (primary N) is 1. The van der Waals surface area contributed by atoms with Crippen LogP contribution in [0.4, 0.5) is 5.13 Å². The van der Waals surface area contributed by atoms with Crippen LogP contribution in [0.3, 0.4) is 0 Å². The first-order valence-electron chi connectivity index (χ1n) is 5.19. The fourth-order valence-corrected chi connectivity index (χ4v) is 2.41. The number of hydrogen-bond acceptors (Lipinski definition) is 4. The quantitative estimate of drug-likeness (QED) is 0.616. The fourth-order valence-electron chi connectivity index (χ4n) is 1.57. The van der Waals surface area contributed by atoms with E-state index in [4.69, 9.17) is 5.84 Å². The molecule has 15 heavy (non-hydrogen) atoms. The van der Waals surface area contributed by atoms with Crippen molar-refractivity contribution in [3.8, 4) is 0 Å². The van der Waals surface area contributed by atoms with Crippen LogP contribution in [0.1, 0.15) is 25.3 Å². The van der Waals surface area contributed by atoms with Gasteiger partial charge in [-0.25, -0.2) is 10.8 Å². The molecule has 0 atom stereocenters. The monoisotopic (exact) mass is 221 g/mol. The second kappa shape index (κ2) is 4.59. The van der Waals surface area contributed by atoms with Gasteiger partial charge < -0.3 is 0 Å². The number of aromatic nitrogens is 1. The summed E-state index contributed by atoms with van der Waals surface area (Å²) in [7, 11) is 0. The Labute approximate surface area is 93.3 Å². The number of anilines is 1. The summed E-state index contributed by atoms with van der Waals surface area (Å²) in [6, 6.07) is 6.43. The summed E-state index contributed by atoms with van der Waals surface area (Å²) in [6.45, 7) is 2.21. The number of fused-ring (bicyclic) bond motifs is 1. The number of hydrogen-bond donors (Lipinski definition) is 2. The van der Waals surface area contributed by atoms with Crippen LogP contribution >= 0.6 is 11.3 Å². The van der Waals surface area contributed by atoms with Gasteiger partial charge in [-0.15, -0.1) is 0 Å². The molecule has 0 amide bonds. The second-order valence-corrected chi connectivity index (χ2v) is 4.60. The number of aryl methyl sites for hydroxylation is 1. The highest BCUT2D eigenvalue weighted by Crippen LogP contribution is 2.26.